The van der Waals surface area contributed by atoms with Crippen LogP contribution in [0, 0.1) is 0 Å². The number of aryl methyl sites for hydroxylation is 2. The summed E-state index contributed by atoms with van der Waals surface area (Å²) < 4.78 is 10.7. The highest BCUT2D eigenvalue weighted by atomic mass is 16.5. The third-order valence-electron chi connectivity index (χ3n) is 4.60. The summed E-state index contributed by atoms with van der Waals surface area (Å²) in [6, 6.07) is 13.6. The highest BCUT2D eigenvalue weighted by Crippen LogP contribution is 2.29. The second-order valence-corrected chi connectivity index (χ2v) is 6.15. The highest BCUT2D eigenvalue weighted by Gasteiger charge is 2.15. The molecule has 0 unspecified atom stereocenters. The molecule has 1 heterocycles. The average Bonchev–Trinajstić information content (AvgIpc) is 3.05. The van der Waals surface area contributed by atoms with E-state index in [1.165, 1.54) is 17.5 Å². The number of hydrogen-bond donors (Lipinski definition) is 1. The second kappa shape index (κ2) is 6.04. The molecule has 4 heteroatoms. The zero-order valence-electron chi connectivity index (χ0n) is 13.6. The van der Waals surface area contributed by atoms with Crippen LogP contribution in [0.1, 0.15) is 23.1 Å². The fourth-order valence-electron chi connectivity index (χ4n) is 3.37. The maximum absolute atomic E-state index is 11.9. The number of hydrogen-bond acceptors (Lipinski definition) is 4. The van der Waals surface area contributed by atoms with Crippen LogP contribution in [-0.2, 0) is 19.4 Å². The van der Waals surface area contributed by atoms with Gasteiger partial charge in [0.2, 0.25) is 0 Å². The maximum atomic E-state index is 11.9. The van der Waals surface area contributed by atoms with Gasteiger partial charge in [-0.1, -0.05) is 6.07 Å². The van der Waals surface area contributed by atoms with E-state index in [9.17, 15) is 4.79 Å². The largest absolute Gasteiger partial charge is 0.497 e. The molecule has 24 heavy (non-hydrogen) atoms. The fourth-order valence-corrected chi connectivity index (χ4v) is 3.37. The molecule has 4 nitrogen and oxygen atoms in total. The van der Waals surface area contributed by atoms with Gasteiger partial charge in [-0.15, -0.1) is 0 Å². The van der Waals surface area contributed by atoms with Crippen LogP contribution >= 0.6 is 0 Å². The second-order valence-electron chi connectivity index (χ2n) is 6.15. The fraction of sp³-hybridized carbons (Fsp3) is 0.250. The van der Waals surface area contributed by atoms with Crippen LogP contribution < -0.4 is 15.7 Å². The minimum absolute atomic E-state index is 0.303. The highest BCUT2D eigenvalue weighted by molar-refractivity contribution is 5.82. The van der Waals surface area contributed by atoms with E-state index in [1.54, 1.807) is 13.2 Å². The molecule has 0 fully saturated rings. The number of benzene rings is 2. The molecular weight excluding hydrogens is 302 g/mol. The van der Waals surface area contributed by atoms with Gasteiger partial charge < -0.3 is 14.5 Å². The molecule has 4 rings (SSSR count). The minimum atomic E-state index is -0.303. The molecule has 0 atom stereocenters. The number of rotatable bonds is 4. The molecule has 3 aromatic rings. The lowest BCUT2D eigenvalue weighted by Gasteiger charge is -2.11. The average molecular weight is 321 g/mol. The Morgan fingerprint density at radius 2 is 1.96 bits per heavy atom. The number of nitrogens with one attached hydrogen (secondary N) is 1. The van der Waals surface area contributed by atoms with E-state index in [0.29, 0.717) is 12.1 Å². The molecule has 1 aliphatic carbocycles. The van der Waals surface area contributed by atoms with Crippen molar-refractivity contribution < 1.29 is 9.15 Å². The van der Waals surface area contributed by atoms with Crippen LogP contribution in [0.3, 0.4) is 0 Å². The SMILES string of the molecule is COc1cccc(NCc2cc(=O)oc3cc4c(cc23)CCC4)c1. The van der Waals surface area contributed by atoms with Crippen molar-refractivity contribution in [2.75, 3.05) is 12.4 Å². The van der Waals surface area contributed by atoms with Crippen molar-refractivity contribution in [1.82, 2.24) is 0 Å². The van der Waals surface area contributed by atoms with Gasteiger partial charge in [-0.05, 0) is 60.2 Å². The zero-order chi connectivity index (χ0) is 16.5. The van der Waals surface area contributed by atoms with E-state index in [4.69, 9.17) is 9.15 Å². The summed E-state index contributed by atoms with van der Waals surface area (Å²) in [5.41, 5.74) is 4.98. The molecule has 0 bridgehead atoms. The predicted molar refractivity (Wildman–Crippen MR) is 94.8 cm³/mol. The molecule has 0 amide bonds. The third-order valence-corrected chi connectivity index (χ3v) is 4.60. The lowest BCUT2D eigenvalue weighted by molar-refractivity contribution is 0.415. The van der Waals surface area contributed by atoms with E-state index in [0.717, 1.165) is 35.2 Å². The topological polar surface area (TPSA) is 51.5 Å². The van der Waals surface area contributed by atoms with Gasteiger partial charge in [-0.2, -0.15) is 0 Å². The molecule has 0 saturated heterocycles. The molecule has 0 aliphatic heterocycles. The van der Waals surface area contributed by atoms with E-state index < -0.39 is 0 Å². The Bertz CT molecular complexity index is 959. The van der Waals surface area contributed by atoms with Gasteiger partial charge in [-0.25, -0.2) is 4.79 Å². The van der Waals surface area contributed by atoms with Gasteiger partial charge in [0.1, 0.15) is 11.3 Å². The molecular formula is C20H19NO3. The van der Waals surface area contributed by atoms with Crippen molar-refractivity contribution in [1.29, 1.82) is 0 Å². The molecule has 122 valence electrons. The monoisotopic (exact) mass is 321 g/mol. The van der Waals surface area contributed by atoms with Crippen LogP contribution in [-0.4, -0.2) is 7.11 Å². The summed E-state index contributed by atoms with van der Waals surface area (Å²) in [6.45, 7) is 0.564. The lowest BCUT2D eigenvalue weighted by Crippen LogP contribution is -2.06. The van der Waals surface area contributed by atoms with Crippen molar-refractivity contribution in [2.24, 2.45) is 0 Å². The number of anilines is 1. The van der Waals surface area contributed by atoms with E-state index in [2.05, 4.69) is 11.4 Å². The summed E-state index contributed by atoms with van der Waals surface area (Å²) in [6.07, 6.45) is 3.35. The van der Waals surface area contributed by atoms with Crippen molar-refractivity contribution in [3.05, 3.63) is 69.6 Å². The Morgan fingerprint density at radius 3 is 2.79 bits per heavy atom. The molecule has 0 spiro atoms. The first kappa shape index (κ1) is 14.8. The smallest absolute Gasteiger partial charge is 0.336 e. The van der Waals surface area contributed by atoms with Gasteiger partial charge in [0.05, 0.1) is 7.11 Å². The first-order valence-electron chi connectivity index (χ1n) is 8.19. The minimum Gasteiger partial charge on any atom is -0.497 e. The molecule has 1 N–H and O–H groups in total. The maximum Gasteiger partial charge on any atom is 0.336 e. The van der Waals surface area contributed by atoms with Gasteiger partial charge in [0, 0.05) is 29.8 Å². The van der Waals surface area contributed by atoms with Crippen LogP contribution in [0.4, 0.5) is 5.69 Å². The number of methoxy groups -OCH3 is 1. The first-order chi connectivity index (χ1) is 11.7. The predicted octanol–water partition coefficient (Wildman–Crippen LogP) is 3.90. The van der Waals surface area contributed by atoms with E-state index >= 15 is 0 Å². The molecule has 0 saturated carbocycles. The third kappa shape index (κ3) is 2.75. The Balaban J connectivity index is 1.69. The van der Waals surface area contributed by atoms with E-state index in [1.807, 2.05) is 30.3 Å². The quantitative estimate of drug-likeness (QED) is 0.740. The lowest BCUT2D eigenvalue weighted by atomic mass is 10.0. The summed E-state index contributed by atoms with van der Waals surface area (Å²) in [4.78, 5) is 11.9. The Labute approximate surface area is 140 Å². The van der Waals surface area contributed by atoms with Crippen molar-refractivity contribution in [2.45, 2.75) is 25.8 Å². The Morgan fingerprint density at radius 1 is 1.12 bits per heavy atom. The Hall–Kier alpha value is -2.75. The van der Waals surface area contributed by atoms with Crippen molar-refractivity contribution >= 4 is 16.7 Å². The van der Waals surface area contributed by atoms with Gasteiger partial charge in [0.15, 0.2) is 0 Å². The molecule has 0 radical (unpaired) electrons. The molecule has 1 aromatic heterocycles. The van der Waals surface area contributed by atoms with Crippen LogP contribution in [0.5, 0.6) is 5.75 Å². The summed E-state index contributed by atoms with van der Waals surface area (Å²) in [5, 5.41) is 4.38. The molecule has 2 aromatic carbocycles. The van der Waals surface area contributed by atoms with Gasteiger partial charge >= 0.3 is 5.63 Å². The van der Waals surface area contributed by atoms with Gasteiger partial charge in [-0.3, -0.25) is 0 Å². The van der Waals surface area contributed by atoms with Gasteiger partial charge in [0.25, 0.3) is 0 Å². The summed E-state index contributed by atoms with van der Waals surface area (Å²) in [7, 11) is 1.65. The summed E-state index contributed by atoms with van der Waals surface area (Å²) >= 11 is 0. The molecule has 1 aliphatic rings. The number of ether oxygens (including phenoxy) is 1. The van der Waals surface area contributed by atoms with Crippen LogP contribution in [0.2, 0.25) is 0 Å². The number of fused-ring (bicyclic) bond motifs is 2. The van der Waals surface area contributed by atoms with Crippen molar-refractivity contribution in [3.63, 3.8) is 0 Å². The zero-order valence-corrected chi connectivity index (χ0v) is 13.6. The van der Waals surface area contributed by atoms with E-state index in [-0.39, 0.29) is 5.63 Å². The normalized spacial score (nSPS) is 13.0. The summed E-state index contributed by atoms with van der Waals surface area (Å²) in [5.74, 6) is 0.801. The standard InChI is InChI=1S/C20H19NO3/c1-23-17-7-3-6-16(11-17)21-12-15-10-20(22)24-19-9-14-5-2-4-13(14)8-18(15)19/h3,6-11,21H,2,4-5,12H2,1H3. The first-order valence-corrected chi connectivity index (χ1v) is 8.19. The van der Waals surface area contributed by atoms with Crippen molar-refractivity contribution in [3.8, 4) is 5.75 Å². The Kier molecular flexibility index (Phi) is 3.73. The van der Waals surface area contributed by atoms with Crippen LogP contribution in [0.25, 0.3) is 11.0 Å². The van der Waals surface area contributed by atoms with Crippen LogP contribution in [0.15, 0.2) is 51.7 Å².